The lowest BCUT2D eigenvalue weighted by atomic mass is 10.1. The minimum atomic E-state index is 0.396. The van der Waals surface area contributed by atoms with Crippen molar-refractivity contribution in [2.45, 2.75) is 51.3 Å². The molecule has 20 heavy (non-hydrogen) atoms. The fourth-order valence-corrected chi connectivity index (χ4v) is 3.22. The SMILES string of the molecule is CCCNCc1cncc(N2CCOC3CCCC32)n1. The summed E-state index contributed by atoms with van der Waals surface area (Å²) in [5.74, 6) is 1.01. The first kappa shape index (κ1) is 13.8. The van der Waals surface area contributed by atoms with E-state index in [2.05, 4.69) is 22.1 Å². The topological polar surface area (TPSA) is 50.3 Å². The van der Waals surface area contributed by atoms with Gasteiger partial charge in [-0.3, -0.25) is 4.98 Å². The minimum absolute atomic E-state index is 0.396. The number of anilines is 1. The second kappa shape index (κ2) is 6.50. The zero-order valence-corrected chi connectivity index (χ0v) is 12.2. The molecule has 2 aliphatic rings. The Balaban J connectivity index is 1.70. The van der Waals surface area contributed by atoms with Gasteiger partial charge in [0.1, 0.15) is 5.82 Å². The van der Waals surface area contributed by atoms with Gasteiger partial charge in [-0.25, -0.2) is 4.98 Å². The van der Waals surface area contributed by atoms with E-state index in [1.165, 1.54) is 19.3 Å². The molecule has 1 N–H and O–H groups in total. The Labute approximate surface area is 120 Å². The number of ether oxygens (including phenoxy) is 1. The van der Waals surface area contributed by atoms with Crippen molar-refractivity contribution in [2.75, 3.05) is 24.6 Å². The number of fused-ring (bicyclic) bond motifs is 1. The van der Waals surface area contributed by atoms with Gasteiger partial charge < -0.3 is 15.0 Å². The average Bonchev–Trinajstić information content (AvgIpc) is 2.96. The van der Waals surface area contributed by atoms with Gasteiger partial charge in [0.15, 0.2) is 0 Å². The monoisotopic (exact) mass is 276 g/mol. The first-order valence-corrected chi connectivity index (χ1v) is 7.78. The smallest absolute Gasteiger partial charge is 0.147 e. The van der Waals surface area contributed by atoms with Crippen LogP contribution in [0, 0.1) is 0 Å². The second-order valence-corrected chi connectivity index (χ2v) is 5.65. The van der Waals surface area contributed by atoms with E-state index in [-0.39, 0.29) is 0 Å². The van der Waals surface area contributed by atoms with Crippen molar-refractivity contribution >= 4 is 5.82 Å². The Morgan fingerprint density at radius 2 is 2.35 bits per heavy atom. The molecule has 5 heteroatoms. The number of hydrogen-bond acceptors (Lipinski definition) is 5. The quantitative estimate of drug-likeness (QED) is 0.830. The summed E-state index contributed by atoms with van der Waals surface area (Å²) in [6.07, 6.45) is 8.95. The molecule has 1 aromatic heterocycles. The normalized spacial score (nSPS) is 25.8. The molecule has 0 spiro atoms. The van der Waals surface area contributed by atoms with E-state index in [1.807, 2.05) is 12.4 Å². The molecule has 0 radical (unpaired) electrons. The molecule has 0 amide bonds. The minimum Gasteiger partial charge on any atom is -0.374 e. The standard InChI is InChI=1S/C15H24N4O/c1-2-6-16-9-12-10-17-11-15(18-12)19-7-8-20-14-5-3-4-13(14)19/h10-11,13-14,16H,2-9H2,1H3. The van der Waals surface area contributed by atoms with E-state index in [0.29, 0.717) is 12.1 Å². The highest BCUT2D eigenvalue weighted by molar-refractivity contribution is 5.39. The summed E-state index contributed by atoms with van der Waals surface area (Å²) in [6, 6.07) is 0.497. The van der Waals surface area contributed by atoms with Gasteiger partial charge in [-0.05, 0) is 32.2 Å². The second-order valence-electron chi connectivity index (χ2n) is 5.65. The van der Waals surface area contributed by atoms with Crippen LogP contribution in [0.1, 0.15) is 38.3 Å². The zero-order chi connectivity index (χ0) is 13.8. The van der Waals surface area contributed by atoms with Crippen LogP contribution in [0.3, 0.4) is 0 Å². The summed E-state index contributed by atoms with van der Waals surface area (Å²) in [7, 11) is 0. The maximum atomic E-state index is 5.86. The van der Waals surface area contributed by atoms with Crippen molar-refractivity contribution in [3.8, 4) is 0 Å². The lowest BCUT2D eigenvalue weighted by Gasteiger charge is -2.38. The predicted octanol–water partition coefficient (Wildman–Crippen LogP) is 1.73. The fourth-order valence-electron chi connectivity index (χ4n) is 3.22. The first-order chi connectivity index (χ1) is 9.88. The van der Waals surface area contributed by atoms with Crippen LogP contribution in [0.5, 0.6) is 0 Å². The predicted molar refractivity (Wildman–Crippen MR) is 78.8 cm³/mol. The molecule has 0 bridgehead atoms. The molecule has 0 aromatic carbocycles. The average molecular weight is 276 g/mol. The lowest BCUT2D eigenvalue weighted by Crippen LogP contribution is -2.49. The number of morpholine rings is 1. The Morgan fingerprint density at radius 1 is 1.40 bits per heavy atom. The highest BCUT2D eigenvalue weighted by atomic mass is 16.5. The van der Waals surface area contributed by atoms with E-state index in [1.54, 1.807) is 0 Å². The molecule has 1 aromatic rings. The molecule has 2 atom stereocenters. The molecule has 1 saturated heterocycles. The zero-order valence-electron chi connectivity index (χ0n) is 12.2. The number of rotatable bonds is 5. The first-order valence-electron chi connectivity index (χ1n) is 7.78. The van der Waals surface area contributed by atoms with Gasteiger partial charge in [0.2, 0.25) is 0 Å². The molecule has 2 heterocycles. The molecule has 1 saturated carbocycles. The van der Waals surface area contributed by atoms with Gasteiger partial charge in [0.25, 0.3) is 0 Å². The molecular weight excluding hydrogens is 252 g/mol. The molecule has 1 aliphatic carbocycles. The molecule has 2 unspecified atom stereocenters. The highest BCUT2D eigenvalue weighted by Gasteiger charge is 2.36. The van der Waals surface area contributed by atoms with E-state index < -0.39 is 0 Å². The summed E-state index contributed by atoms with van der Waals surface area (Å²) in [5.41, 5.74) is 1.02. The van der Waals surface area contributed by atoms with Crippen molar-refractivity contribution in [3.63, 3.8) is 0 Å². The van der Waals surface area contributed by atoms with Crippen LogP contribution in [0.25, 0.3) is 0 Å². The fraction of sp³-hybridized carbons (Fsp3) is 0.733. The van der Waals surface area contributed by atoms with Crippen LogP contribution < -0.4 is 10.2 Å². The molecule has 5 nitrogen and oxygen atoms in total. The van der Waals surface area contributed by atoms with Crippen LogP contribution in [0.15, 0.2) is 12.4 Å². The lowest BCUT2D eigenvalue weighted by molar-refractivity contribution is 0.0253. The maximum Gasteiger partial charge on any atom is 0.147 e. The van der Waals surface area contributed by atoms with Crippen molar-refractivity contribution in [1.29, 1.82) is 0 Å². The molecule has 1 aliphatic heterocycles. The van der Waals surface area contributed by atoms with Gasteiger partial charge in [-0.15, -0.1) is 0 Å². The third kappa shape index (κ3) is 2.94. The van der Waals surface area contributed by atoms with Crippen LogP contribution in [0.4, 0.5) is 5.82 Å². The number of aromatic nitrogens is 2. The summed E-state index contributed by atoms with van der Waals surface area (Å²) in [6.45, 7) is 5.73. The van der Waals surface area contributed by atoms with E-state index >= 15 is 0 Å². The third-order valence-electron chi connectivity index (χ3n) is 4.18. The van der Waals surface area contributed by atoms with E-state index in [9.17, 15) is 0 Å². The van der Waals surface area contributed by atoms with Crippen molar-refractivity contribution < 1.29 is 4.74 Å². The number of nitrogens with zero attached hydrogens (tertiary/aromatic N) is 3. The number of nitrogens with one attached hydrogen (secondary N) is 1. The Hall–Kier alpha value is -1.20. The number of hydrogen-bond donors (Lipinski definition) is 1. The van der Waals surface area contributed by atoms with Gasteiger partial charge >= 0.3 is 0 Å². The molecule has 110 valence electrons. The van der Waals surface area contributed by atoms with Gasteiger partial charge in [-0.1, -0.05) is 6.92 Å². The summed E-state index contributed by atoms with van der Waals surface area (Å²) in [4.78, 5) is 11.5. The van der Waals surface area contributed by atoms with Crippen molar-refractivity contribution in [1.82, 2.24) is 15.3 Å². The van der Waals surface area contributed by atoms with E-state index in [0.717, 1.165) is 44.2 Å². The van der Waals surface area contributed by atoms with E-state index in [4.69, 9.17) is 9.72 Å². The summed E-state index contributed by atoms with van der Waals surface area (Å²) < 4.78 is 5.86. The van der Waals surface area contributed by atoms with Crippen LogP contribution in [-0.4, -0.2) is 41.8 Å². The largest absolute Gasteiger partial charge is 0.374 e. The highest BCUT2D eigenvalue weighted by Crippen LogP contribution is 2.32. The molecule has 2 fully saturated rings. The van der Waals surface area contributed by atoms with Crippen molar-refractivity contribution in [2.24, 2.45) is 0 Å². The molecular formula is C15H24N4O. The Morgan fingerprint density at radius 3 is 3.25 bits per heavy atom. The van der Waals surface area contributed by atoms with Gasteiger partial charge in [0.05, 0.1) is 30.6 Å². The maximum absolute atomic E-state index is 5.86. The van der Waals surface area contributed by atoms with Crippen LogP contribution >= 0.6 is 0 Å². The Bertz CT molecular complexity index is 440. The van der Waals surface area contributed by atoms with Gasteiger partial charge in [0, 0.05) is 19.3 Å². The summed E-state index contributed by atoms with van der Waals surface area (Å²) in [5, 5.41) is 3.38. The third-order valence-corrected chi connectivity index (χ3v) is 4.18. The molecule has 3 rings (SSSR count). The van der Waals surface area contributed by atoms with Crippen LogP contribution in [-0.2, 0) is 11.3 Å². The summed E-state index contributed by atoms with van der Waals surface area (Å²) >= 11 is 0. The van der Waals surface area contributed by atoms with Crippen LogP contribution in [0.2, 0.25) is 0 Å². The van der Waals surface area contributed by atoms with Gasteiger partial charge in [-0.2, -0.15) is 0 Å². The van der Waals surface area contributed by atoms with Crippen molar-refractivity contribution in [3.05, 3.63) is 18.1 Å². The Kier molecular flexibility index (Phi) is 4.47.